The highest BCUT2D eigenvalue weighted by Crippen LogP contribution is 2.07. The highest BCUT2D eigenvalue weighted by Gasteiger charge is 2.35. The summed E-state index contributed by atoms with van der Waals surface area (Å²) in [5.74, 6) is -0.196. The second-order valence-corrected chi connectivity index (χ2v) is 4.44. The number of imide groups is 1. The van der Waals surface area contributed by atoms with Gasteiger partial charge in [-0.2, -0.15) is 0 Å². The third kappa shape index (κ3) is 2.31. The lowest BCUT2D eigenvalue weighted by Crippen LogP contribution is -2.34. The molecule has 0 aromatic carbocycles. The zero-order chi connectivity index (χ0) is 14.0. The Kier molecular flexibility index (Phi) is 3.55. The van der Waals surface area contributed by atoms with Crippen molar-refractivity contribution in [1.82, 2.24) is 15.2 Å². The van der Waals surface area contributed by atoms with Gasteiger partial charge in [-0.15, -0.1) is 0 Å². The van der Waals surface area contributed by atoms with E-state index >= 15 is 0 Å². The van der Waals surface area contributed by atoms with Crippen molar-refractivity contribution in [3.05, 3.63) is 35.0 Å². The molecule has 0 unspecified atom stereocenters. The molecule has 19 heavy (non-hydrogen) atoms. The molecule has 0 bridgehead atoms. The summed E-state index contributed by atoms with van der Waals surface area (Å²) in [6.07, 6.45) is 7.90. The average Bonchev–Trinajstić information content (AvgIpc) is 2.88. The molecule has 1 aliphatic heterocycles. The predicted molar refractivity (Wildman–Crippen MR) is 73.6 cm³/mol. The van der Waals surface area contributed by atoms with E-state index in [0.29, 0.717) is 6.42 Å². The summed E-state index contributed by atoms with van der Waals surface area (Å²) in [6, 6.07) is -0.836. The first-order valence-corrected chi connectivity index (χ1v) is 6.12. The smallest absolute Gasteiger partial charge is 0.324 e. The Morgan fingerprint density at radius 1 is 1.47 bits per heavy atom. The highest BCUT2D eigenvalue weighted by molar-refractivity contribution is 6.03. The normalized spacial score (nSPS) is 21.2. The van der Waals surface area contributed by atoms with Crippen LogP contribution in [0.5, 0.6) is 0 Å². The summed E-state index contributed by atoms with van der Waals surface area (Å²) in [5.41, 5.74) is 0.988. The molecular weight excluding hydrogens is 242 g/mol. The monoisotopic (exact) mass is 259 g/mol. The molecule has 0 aliphatic carbocycles. The van der Waals surface area contributed by atoms with Gasteiger partial charge in [-0.25, -0.2) is 4.79 Å². The van der Waals surface area contributed by atoms with Crippen LogP contribution in [0.1, 0.15) is 12.5 Å². The molecular formula is C14H17N3O2. The van der Waals surface area contributed by atoms with Gasteiger partial charge >= 0.3 is 6.03 Å². The number of H-pyrrole nitrogens is 1. The lowest BCUT2D eigenvalue weighted by Gasteiger charge is -2.06. The maximum atomic E-state index is 11.9. The van der Waals surface area contributed by atoms with E-state index in [0.717, 1.165) is 21.0 Å². The maximum Gasteiger partial charge on any atom is 0.324 e. The summed E-state index contributed by atoms with van der Waals surface area (Å²) in [4.78, 5) is 27.5. The van der Waals surface area contributed by atoms with Crippen molar-refractivity contribution in [2.75, 3.05) is 7.05 Å². The molecule has 2 N–H and O–H groups in total. The van der Waals surface area contributed by atoms with Gasteiger partial charge in [0.05, 0.1) is 0 Å². The fourth-order valence-corrected chi connectivity index (χ4v) is 2.22. The van der Waals surface area contributed by atoms with Crippen LogP contribution in [0.4, 0.5) is 4.79 Å². The minimum atomic E-state index is -0.491. The van der Waals surface area contributed by atoms with Gasteiger partial charge in [-0.05, 0) is 12.5 Å². The molecule has 0 radical (unpaired) electrons. The fraction of sp³-hybridized carbons (Fsp3) is 0.286. The van der Waals surface area contributed by atoms with E-state index in [1.165, 1.54) is 7.05 Å². The summed E-state index contributed by atoms with van der Waals surface area (Å²) in [7, 11) is 1.48. The van der Waals surface area contributed by atoms with E-state index in [1.54, 1.807) is 6.08 Å². The lowest BCUT2D eigenvalue weighted by atomic mass is 10.1. The third-order valence-corrected chi connectivity index (χ3v) is 3.27. The lowest BCUT2D eigenvalue weighted by molar-refractivity contribution is -0.126. The second kappa shape index (κ2) is 5.14. The van der Waals surface area contributed by atoms with Gasteiger partial charge < -0.3 is 10.3 Å². The van der Waals surface area contributed by atoms with E-state index in [4.69, 9.17) is 0 Å². The van der Waals surface area contributed by atoms with Crippen LogP contribution in [-0.2, 0) is 11.2 Å². The first-order chi connectivity index (χ1) is 9.08. The van der Waals surface area contributed by atoms with Crippen LogP contribution in [0.2, 0.25) is 0 Å². The Labute approximate surface area is 111 Å². The van der Waals surface area contributed by atoms with E-state index in [2.05, 4.69) is 16.9 Å². The molecule has 1 fully saturated rings. The minimum absolute atomic E-state index is 0.196. The summed E-state index contributed by atoms with van der Waals surface area (Å²) >= 11 is 0. The number of hydrogen-bond donors (Lipinski definition) is 2. The third-order valence-electron chi connectivity index (χ3n) is 3.27. The second-order valence-electron chi connectivity index (χ2n) is 4.44. The molecule has 5 nitrogen and oxygen atoms in total. The van der Waals surface area contributed by atoms with Crippen LogP contribution in [0, 0.1) is 0 Å². The molecule has 2 heterocycles. The number of urea groups is 1. The van der Waals surface area contributed by atoms with Crippen molar-refractivity contribution in [3.63, 3.8) is 0 Å². The molecule has 3 amide bonds. The van der Waals surface area contributed by atoms with Crippen LogP contribution < -0.4 is 15.9 Å². The Morgan fingerprint density at radius 2 is 2.21 bits per heavy atom. The van der Waals surface area contributed by atoms with Crippen LogP contribution in [0.3, 0.4) is 0 Å². The van der Waals surface area contributed by atoms with Gasteiger partial charge in [0.15, 0.2) is 0 Å². The number of carbonyl (C=O) groups excluding carboxylic acids is 2. The van der Waals surface area contributed by atoms with Gasteiger partial charge in [-0.1, -0.05) is 24.8 Å². The largest absolute Gasteiger partial charge is 0.361 e. The molecule has 1 aliphatic rings. The van der Waals surface area contributed by atoms with Crippen molar-refractivity contribution in [3.8, 4) is 0 Å². The predicted octanol–water partition coefficient (Wildman–Crippen LogP) is -0.126. The number of nitrogens with one attached hydrogen (secondary N) is 2. The van der Waals surface area contributed by atoms with Crippen LogP contribution in [-0.4, -0.2) is 34.9 Å². The molecule has 100 valence electrons. The molecule has 1 atom stereocenters. The maximum absolute atomic E-state index is 11.9. The van der Waals surface area contributed by atoms with Crippen LogP contribution in [0.15, 0.2) is 18.9 Å². The Hall–Kier alpha value is -2.30. The number of amides is 3. The highest BCUT2D eigenvalue weighted by atomic mass is 16.2. The first kappa shape index (κ1) is 13.1. The van der Waals surface area contributed by atoms with E-state index in [9.17, 15) is 9.59 Å². The topological polar surface area (TPSA) is 65.2 Å². The Bertz CT molecular complexity index is 642. The number of aromatic amines is 1. The number of carbonyl (C=O) groups is 2. The van der Waals surface area contributed by atoms with Gasteiger partial charge in [0.25, 0.3) is 5.91 Å². The molecule has 1 aromatic heterocycles. The molecule has 1 saturated heterocycles. The van der Waals surface area contributed by atoms with Crippen molar-refractivity contribution in [2.24, 2.45) is 0 Å². The van der Waals surface area contributed by atoms with E-state index in [1.807, 2.05) is 25.3 Å². The molecule has 5 heteroatoms. The molecule has 0 spiro atoms. The SMILES string of the molecule is C=C/C=c1/c(C[C@@H]2NC(=O)N(C)C2=O)c[nH]/c1=C/C. The van der Waals surface area contributed by atoms with Crippen molar-refractivity contribution >= 4 is 24.1 Å². The quantitative estimate of drug-likeness (QED) is 0.743. The number of aromatic nitrogens is 1. The van der Waals surface area contributed by atoms with Gasteiger partial charge in [0.2, 0.25) is 0 Å². The fourth-order valence-electron chi connectivity index (χ4n) is 2.22. The summed E-state index contributed by atoms with van der Waals surface area (Å²) in [5, 5.41) is 4.67. The van der Waals surface area contributed by atoms with Gasteiger partial charge in [0, 0.05) is 30.2 Å². The van der Waals surface area contributed by atoms with Crippen LogP contribution in [0.25, 0.3) is 12.2 Å². The summed E-state index contributed by atoms with van der Waals surface area (Å²) < 4.78 is 0. The Balaban J connectivity index is 2.33. The van der Waals surface area contributed by atoms with Gasteiger partial charge in [-0.3, -0.25) is 9.69 Å². The average molecular weight is 259 g/mol. The number of hydrogen-bond acceptors (Lipinski definition) is 2. The summed E-state index contributed by atoms with van der Waals surface area (Å²) in [6.45, 7) is 5.63. The number of allylic oxidation sites excluding steroid dienone is 1. The standard InChI is InChI=1S/C14H17N3O2/c1-4-6-10-9(8-15-11(10)5-2)7-12-13(18)17(3)14(19)16-12/h4-6,8,12,15H,1,7H2,2-3H3,(H,16,19)/b10-6-,11-5+/t12-/m0/s1. The molecule has 2 rings (SSSR count). The Morgan fingerprint density at radius 3 is 2.74 bits per heavy atom. The number of rotatable bonds is 3. The van der Waals surface area contributed by atoms with Gasteiger partial charge in [0.1, 0.15) is 6.04 Å². The number of nitrogens with zero attached hydrogens (tertiary/aromatic N) is 1. The minimum Gasteiger partial charge on any atom is -0.361 e. The van der Waals surface area contributed by atoms with Crippen molar-refractivity contribution in [1.29, 1.82) is 0 Å². The number of likely N-dealkylation sites (N-methyl/N-ethyl adjacent to an activating group) is 1. The zero-order valence-corrected chi connectivity index (χ0v) is 11.1. The molecule has 1 aromatic rings. The van der Waals surface area contributed by atoms with Crippen molar-refractivity contribution in [2.45, 2.75) is 19.4 Å². The van der Waals surface area contributed by atoms with Crippen LogP contribution >= 0.6 is 0 Å². The van der Waals surface area contributed by atoms with E-state index in [-0.39, 0.29) is 11.9 Å². The first-order valence-electron chi connectivity index (χ1n) is 6.12. The van der Waals surface area contributed by atoms with Crippen molar-refractivity contribution < 1.29 is 9.59 Å². The van der Waals surface area contributed by atoms with E-state index < -0.39 is 6.04 Å². The zero-order valence-electron chi connectivity index (χ0n) is 11.1. The molecule has 0 saturated carbocycles.